The molecule has 0 spiro atoms. The van der Waals surface area contributed by atoms with Crippen LogP contribution >= 0.6 is 7.37 Å². The zero-order valence-electron chi connectivity index (χ0n) is 22.2. The smallest absolute Gasteiger partial charge is 0.435 e. The number of likely N-dealkylation sites (tertiary alicyclic amines) is 1. The minimum absolute atomic E-state index is 0.148. The van der Waals surface area contributed by atoms with Gasteiger partial charge in [-0.05, 0) is 50.5 Å². The molecule has 2 amide bonds. The number of carbonyl (C=O) groups is 2. The third kappa shape index (κ3) is 7.06. The van der Waals surface area contributed by atoms with Crippen LogP contribution in [0.4, 0.5) is 4.79 Å². The van der Waals surface area contributed by atoms with Crippen molar-refractivity contribution in [1.82, 2.24) is 0 Å². The number of aliphatic hydroxyl groups is 1. The Balaban J connectivity index is 1.73. The second kappa shape index (κ2) is 12.8. The van der Waals surface area contributed by atoms with Gasteiger partial charge >= 0.3 is 12.0 Å². The van der Waals surface area contributed by atoms with E-state index >= 15 is 0 Å². The van der Waals surface area contributed by atoms with Crippen molar-refractivity contribution < 1.29 is 33.4 Å². The molecule has 1 aromatic rings. The van der Waals surface area contributed by atoms with Gasteiger partial charge in [-0.15, -0.1) is 0 Å². The molecule has 3 rings (SSSR count). The molecule has 0 bridgehead atoms. The van der Waals surface area contributed by atoms with E-state index in [1.807, 2.05) is 37.3 Å². The van der Waals surface area contributed by atoms with Gasteiger partial charge in [0.15, 0.2) is 6.29 Å². The number of rotatable bonds is 11. The number of carbonyl (C=O) groups excluding carboxylic acids is 1. The molecule has 8 heteroatoms. The maximum Gasteiger partial charge on any atom is 0.521 e. The number of hydrogen-bond acceptors (Lipinski definition) is 5. The van der Waals surface area contributed by atoms with Crippen LogP contribution in [-0.4, -0.2) is 57.9 Å². The van der Waals surface area contributed by atoms with E-state index in [0.717, 1.165) is 38.5 Å². The number of amides is 2. The van der Waals surface area contributed by atoms with Crippen LogP contribution in [0.25, 0.3) is 0 Å². The van der Waals surface area contributed by atoms with Crippen molar-refractivity contribution in [2.24, 2.45) is 17.8 Å². The van der Waals surface area contributed by atoms with Gasteiger partial charge in [-0.25, -0.2) is 4.79 Å². The van der Waals surface area contributed by atoms with Crippen LogP contribution in [0.15, 0.2) is 30.3 Å². The Morgan fingerprint density at radius 2 is 1.75 bits per heavy atom. The Bertz CT molecular complexity index is 916. The Hall–Kier alpha value is -1.53. The van der Waals surface area contributed by atoms with Crippen LogP contribution in [0.3, 0.4) is 0 Å². The number of hydrogen-bond donors (Lipinski definition) is 2. The van der Waals surface area contributed by atoms with Crippen LogP contribution in [0.1, 0.15) is 77.7 Å². The fourth-order valence-corrected chi connectivity index (χ4v) is 8.40. The standard InChI is InChI=1S/C28H44NO6P/c1-21(2)27(31)35-36(34,17-11-10-14-23-12-6-4-7-13-23)20-26(30)29(28(32)33)19-25(18-22(29)3)24-15-8-5-9-16-24/h4,6-7,12-13,21-22,24-25,27,31H,5,8-11,14-20H2,1-3H3/p+1/t22?,25-,27?,29?,36?/m1/s1. The summed E-state index contributed by atoms with van der Waals surface area (Å²) in [5.74, 6) is -0.192. The molecule has 2 fully saturated rings. The maximum absolute atomic E-state index is 14.0. The lowest BCUT2D eigenvalue weighted by Gasteiger charge is -2.32. The molecule has 5 atom stereocenters. The normalized spacial score (nSPS) is 27.6. The molecule has 1 aromatic carbocycles. The highest BCUT2D eigenvalue weighted by Crippen LogP contribution is 2.51. The number of nitrogens with zero attached hydrogens (tertiary/aromatic N) is 1. The summed E-state index contributed by atoms with van der Waals surface area (Å²) in [4.78, 5) is 26.3. The number of aryl methyl sites for hydroxylation is 1. The number of aliphatic hydroxyl groups excluding tert-OH is 1. The fraction of sp³-hybridized carbons (Fsp3) is 0.714. The van der Waals surface area contributed by atoms with Gasteiger partial charge in [0, 0.05) is 24.4 Å². The average Bonchev–Trinajstić information content (AvgIpc) is 3.21. The summed E-state index contributed by atoms with van der Waals surface area (Å²) in [6, 6.07) is 9.63. The summed E-state index contributed by atoms with van der Waals surface area (Å²) in [6.07, 6.45) is 5.85. The molecule has 1 heterocycles. The Labute approximate surface area is 216 Å². The van der Waals surface area contributed by atoms with E-state index in [9.17, 15) is 24.4 Å². The predicted octanol–water partition coefficient (Wildman–Crippen LogP) is 6.29. The molecule has 2 aliphatic rings. The van der Waals surface area contributed by atoms with E-state index in [2.05, 4.69) is 0 Å². The largest absolute Gasteiger partial charge is 0.521 e. The molecule has 4 unspecified atom stereocenters. The van der Waals surface area contributed by atoms with E-state index in [0.29, 0.717) is 18.8 Å². The number of unbranched alkanes of at least 4 members (excludes halogenated alkanes) is 1. The number of imide groups is 1. The van der Waals surface area contributed by atoms with Crippen LogP contribution in [-0.2, 0) is 20.3 Å². The van der Waals surface area contributed by atoms with Crippen molar-refractivity contribution in [3.8, 4) is 0 Å². The van der Waals surface area contributed by atoms with Crippen LogP contribution in [0.5, 0.6) is 0 Å². The van der Waals surface area contributed by atoms with E-state index in [4.69, 9.17) is 4.52 Å². The third-order valence-electron chi connectivity index (χ3n) is 8.33. The first-order valence-electron chi connectivity index (χ1n) is 13.7. The molecule has 202 valence electrons. The fourth-order valence-electron chi connectivity index (χ4n) is 6.06. The molecule has 2 N–H and O–H groups in total. The van der Waals surface area contributed by atoms with Gasteiger partial charge in [0.1, 0.15) is 12.2 Å². The third-order valence-corrected chi connectivity index (χ3v) is 10.7. The molecule has 1 saturated carbocycles. The van der Waals surface area contributed by atoms with Gasteiger partial charge in [-0.2, -0.15) is 9.28 Å². The lowest BCUT2D eigenvalue weighted by atomic mass is 9.79. The topological polar surface area (TPSA) is 101 Å². The van der Waals surface area contributed by atoms with Gasteiger partial charge < -0.3 is 10.2 Å². The monoisotopic (exact) mass is 522 g/mol. The van der Waals surface area contributed by atoms with Gasteiger partial charge in [0.05, 0.1) is 6.54 Å². The van der Waals surface area contributed by atoms with Gasteiger partial charge in [0.25, 0.3) is 0 Å². The van der Waals surface area contributed by atoms with Crippen molar-refractivity contribution in [3.63, 3.8) is 0 Å². The highest BCUT2D eigenvalue weighted by atomic mass is 31.2. The molecule has 0 radical (unpaired) electrons. The first-order chi connectivity index (χ1) is 17.1. The highest BCUT2D eigenvalue weighted by molar-refractivity contribution is 7.59. The summed E-state index contributed by atoms with van der Waals surface area (Å²) in [6.45, 7) is 5.62. The summed E-state index contributed by atoms with van der Waals surface area (Å²) in [5, 5.41) is 20.7. The van der Waals surface area contributed by atoms with E-state index in [1.165, 1.54) is 12.0 Å². The van der Waals surface area contributed by atoms with Crippen molar-refractivity contribution in [3.05, 3.63) is 35.9 Å². The Kier molecular flexibility index (Phi) is 10.3. The lowest BCUT2D eigenvalue weighted by molar-refractivity contribution is -0.793. The molecule has 0 aromatic heterocycles. The first-order valence-corrected chi connectivity index (χ1v) is 15.7. The first kappa shape index (κ1) is 29.0. The zero-order chi connectivity index (χ0) is 26.3. The van der Waals surface area contributed by atoms with Crippen molar-refractivity contribution in [1.29, 1.82) is 0 Å². The molecule has 1 saturated heterocycles. The van der Waals surface area contributed by atoms with E-state index < -0.39 is 36.3 Å². The van der Waals surface area contributed by atoms with Gasteiger partial charge in [-0.3, -0.25) is 9.09 Å². The minimum Gasteiger partial charge on any atom is -0.435 e. The molecule has 1 aliphatic heterocycles. The molecule has 1 aliphatic carbocycles. The van der Waals surface area contributed by atoms with Crippen molar-refractivity contribution in [2.75, 3.05) is 18.9 Å². The number of quaternary nitrogens is 1. The maximum atomic E-state index is 14.0. The van der Waals surface area contributed by atoms with Crippen LogP contribution in [0, 0.1) is 17.8 Å². The van der Waals surface area contributed by atoms with E-state index in [-0.39, 0.29) is 30.6 Å². The summed E-state index contributed by atoms with van der Waals surface area (Å²) in [5.41, 5.74) is 1.18. The van der Waals surface area contributed by atoms with Gasteiger partial charge in [-0.1, -0.05) is 63.4 Å². The van der Waals surface area contributed by atoms with Crippen LogP contribution < -0.4 is 0 Å². The predicted molar refractivity (Wildman–Crippen MR) is 141 cm³/mol. The summed E-state index contributed by atoms with van der Waals surface area (Å²) >= 11 is 0. The highest BCUT2D eigenvalue weighted by Gasteiger charge is 2.58. The molecular formula is C28H45NO6P+. The number of carboxylic acid groups (broad SMARTS) is 1. The molecule has 7 nitrogen and oxygen atoms in total. The molecule has 36 heavy (non-hydrogen) atoms. The van der Waals surface area contributed by atoms with Crippen molar-refractivity contribution >= 4 is 19.4 Å². The lowest BCUT2D eigenvalue weighted by Crippen LogP contribution is -2.60. The van der Waals surface area contributed by atoms with Crippen LogP contribution in [0.2, 0.25) is 0 Å². The second-order valence-corrected chi connectivity index (χ2v) is 14.0. The summed E-state index contributed by atoms with van der Waals surface area (Å²) in [7, 11) is -3.60. The quantitative estimate of drug-likeness (QED) is 0.153. The van der Waals surface area contributed by atoms with Crippen molar-refractivity contribution in [2.45, 2.75) is 90.9 Å². The van der Waals surface area contributed by atoms with E-state index in [1.54, 1.807) is 13.8 Å². The minimum atomic E-state index is -3.60. The molecular weight excluding hydrogens is 477 g/mol. The average molecular weight is 523 g/mol. The van der Waals surface area contributed by atoms with Gasteiger partial charge in [0.2, 0.25) is 7.37 Å². The Morgan fingerprint density at radius 3 is 2.36 bits per heavy atom. The zero-order valence-corrected chi connectivity index (χ0v) is 23.1. The SMILES string of the molecule is CC(C)C(O)OP(=O)(CCCCc1ccccc1)CC(=O)[N+]1(C(=O)O)C[C@H](C2CCCCC2)CC1C. The number of benzene rings is 1. The second-order valence-electron chi connectivity index (χ2n) is 11.3. The summed E-state index contributed by atoms with van der Waals surface area (Å²) < 4.78 is 19.0. The Morgan fingerprint density at radius 1 is 1.08 bits per heavy atom.